The predicted octanol–water partition coefficient (Wildman–Crippen LogP) is 19.8. The Hall–Kier alpha value is -4.45. The number of carbonyl (C=O) groups is 3. The molecule has 0 aromatic heterocycles. The minimum atomic E-state index is -0.800. The molecule has 0 aliphatic rings. The normalized spacial score (nSPS) is 13.1. The fourth-order valence-corrected chi connectivity index (χ4v) is 7.56. The molecule has 0 aromatic rings. The van der Waals surface area contributed by atoms with Gasteiger partial charge >= 0.3 is 17.9 Å². The number of ether oxygens (including phenoxy) is 3. The van der Waals surface area contributed by atoms with Gasteiger partial charge in [0.1, 0.15) is 13.2 Å². The van der Waals surface area contributed by atoms with E-state index in [4.69, 9.17) is 14.2 Å². The van der Waals surface area contributed by atoms with Crippen LogP contribution >= 0.6 is 0 Å². The van der Waals surface area contributed by atoms with Gasteiger partial charge in [-0.15, -0.1) is 0 Å². The van der Waals surface area contributed by atoms with E-state index in [1.54, 1.807) is 0 Å². The summed E-state index contributed by atoms with van der Waals surface area (Å²) in [5, 5.41) is 0. The molecule has 72 heavy (non-hydrogen) atoms. The van der Waals surface area contributed by atoms with E-state index in [0.29, 0.717) is 19.3 Å². The van der Waals surface area contributed by atoms with E-state index < -0.39 is 6.10 Å². The molecule has 0 radical (unpaired) electrons. The third kappa shape index (κ3) is 56.5. The Morgan fingerprint density at radius 3 is 0.861 bits per heavy atom. The third-order valence-electron chi connectivity index (χ3n) is 11.9. The Balaban J connectivity index is 4.37. The number of unbranched alkanes of at least 4 members (excludes halogenated alkanes) is 18. The zero-order valence-corrected chi connectivity index (χ0v) is 46.4. The Bertz CT molecular complexity index is 1560. The number of carbonyl (C=O) groups excluding carboxylic acids is 3. The van der Waals surface area contributed by atoms with Gasteiger partial charge in [-0.25, -0.2) is 0 Å². The minimum absolute atomic E-state index is 0.0974. The second kappa shape index (κ2) is 59.1. The molecule has 6 nitrogen and oxygen atoms in total. The van der Waals surface area contributed by atoms with E-state index in [0.717, 1.165) is 167 Å². The van der Waals surface area contributed by atoms with E-state index in [-0.39, 0.29) is 31.1 Å². The van der Waals surface area contributed by atoms with Crippen LogP contribution in [0.2, 0.25) is 0 Å². The average molecular weight is 996 g/mol. The molecule has 406 valence electrons. The smallest absolute Gasteiger partial charge is 0.306 e. The number of hydrogen-bond donors (Lipinski definition) is 0. The SMILES string of the molecule is CC/C=C\C/C=C\C/C=C\C/C=C\C/C=C\C/C=C\CCCCCCCCC(=O)OCC(COC(=O)CCCCCCC/C=C\CCC)OC(=O)CCCCCCCC/C=C\C/C=C\C/C=C\C/C=C\CC. The molecule has 0 aliphatic carbocycles. The van der Waals surface area contributed by atoms with Crippen molar-refractivity contribution in [2.45, 2.75) is 252 Å². The Labute approximate surface area is 443 Å². The van der Waals surface area contributed by atoms with Crippen molar-refractivity contribution in [3.8, 4) is 0 Å². The lowest BCUT2D eigenvalue weighted by atomic mass is 10.1. The van der Waals surface area contributed by atoms with Crippen molar-refractivity contribution in [3.63, 3.8) is 0 Å². The number of esters is 3. The van der Waals surface area contributed by atoms with Crippen LogP contribution in [0.25, 0.3) is 0 Å². The highest BCUT2D eigenvalue weighted by atomic mass is 16.6. The van der Waals surface area contributed by atoms with Crippen LogP contribution in [-0.2, 0) is 28.6 Å². The number of allylic oxidation sites excluding steroid dienone is 22. The van der Waals surface area contributed by atoms with Gasteiger partial charge in [-0.2, -0.15) is 0 Å². The van der Waals surface area contributed by atoms with Gasteiger partial charge < -0.3 is 14.2 Å². The number of rotatable bonds is 51. The van der Waals surface area contributed by atoms with Crippen molar-refractivity contribution in [1.82, 2.24) is 0 Å². The van der Waals surface area contributed by atoms with Crippen LogP contribution in [0.5, 0.6) is 0 Å². The maximum atomic E-state index is 12.9. The first kappa shape index (κ1) is 67.5. The zero-order chi connectivity index (χ0) is 52.2. The lowest BCUT2D eigenvalue weighted by Crippen LogP contribution is -2.30. The van der Waals surface area contributed by atoms with Crippen LogP contribution in [0.3, 0.4) is 0 Å². The van der Waals surface area contributed by atoms with E-state index >= 15 is 0 Å². The molecular weight excluding hydrogens is 889 g/mol. The molecule has 0 saturated heterocycles. The molecule has 1 unspecified atom stereocenters. The highest BCUT2D eigenvalue weighted by Crippen LogP contribution is 2.14. The lowest BCUT2D eigenvalue weighted by Gasteiger charge is -2.18. The van der Waals surface area contributed by atoms with Crippen molar-refractivity contribution < 1.29 is 28.6 Å². The maximum absolute atomic E-state index is 12.9. The highest BCUT2D eigenvalue weighted by molar-refractivity contribution is 5.71. The Kier molecular flexibility index (Phi) is 55.5. The summed E-state index contributed by atoms with van der Waals surface area (Å²) in [5.41, 5.74) is 0. The molecule has 0 aromatic carbocycles. The van der Waals surface area contributed by atoms with Crippen LogP contribution < -0.4 is 0 Å². The van der Waals surface area contributed by atoms with Crippen molar-refractivity contribution in [3.05, 3.63) is 134 Å². The van der Waals surface area contributed by atoms with E-state index in [2.05, 4.69) is 154 Å². The molecule has 0 saturated carbocycles. The predicted molar refractivity (Wildman–Crippen MR) is 311 cm³/mol. The topological polar surface area (TPSA) is 78.9 Å². The quantitative estimate of drug-likeness (QED) is 0.0261. The minimum Gasteiger partial charge on any atom is -0.462 e. The third-order valence-corrected chi connectivity index (χ3v) is 11.9. The fraction of sp³-hybridized carbons (Fsp3) is 0.621. The second-order valence-electron chi connectivity index (χ2n) is 18.8. The Morgan fingerprint density at radius 2 is 0.542 bits per heavy atom. The summed E-state index contributed by atoms with van der Waals surface area (Å²) in [6.07, 6.45) is 83.0. The van der Waals surface area contributed by atoms with Gasteiger partial charge in [0.2, 0.25) is 0 Å². The van der Waals surface area contributed by atoms with Crippen LogP contribution in [0.15, 0.2) is 134 Å². The van der Waals surface area contributed by atoms with Gasteiger partial charge in [0, 0.05) is 19.3 Å². The molecule has 0 bridgehead atoms. The van der Waals surface area contributed by atoms with Gasteiger partial charge in [0.25, 0.3) is 0 Å². The van der Waals surface area contributed by atoms with Crippen molar-refractivity contribution in [2.75, 3.05) is 13.2 Å². The first-order valence-corrected chi connectivity index (χ1v) is 29.2. The van der Waals surface area contributed by atoms with Gasteiger partial charge in [0.05, 0.1) is 0 Å². The highest BCUT2D eigenvalue weighted by Gasteiger charge is 2.19. The summed E-state index contributed by atoms with van der Waals surface area (Å²) < 4.78 is 16.8. The molecule has 0 rings (SSSR count). The van der Waals surface area contributed by atoms with Crippen molar-refractivity contribution in [2.24, 2.45) is 0 Å². The van der Waals surface area contributed by atoms with Gasteiger partial charge in [-0.1, -0.05) is 231 Å². The monoisotopic (exact) mass is 995 g/mol. The molecule has 0 aliphatic heterocycles. The van der Waals surface area contributed by atoms with Gasteiger partial charge in [-0.3, -0.25) is 14.4 Å². The van der Waals surface area contributed by atoms with Crippen LogP contribution in [-0.4, -0.2) is 37.2 Å². The fourth-order valence-electron chi connectivity index (χ4n) is 7.56. The molecule has 1 atom stereocenters. The molecule has 0 fully saturated rings. The molecule has 0 amide bonds. The summed E-state index contributed by atoms with van der Waals surface area (Å²) >= 11 is 0. The van der Waals surface area contributed by atoms with Crippen LogP contribution in [0, 0.1) is 0 Å². The van der Waals surface area contributed by atoms with Crippen LogP contribution in [0.4, 0.5) is 0 Å². The first-order chi connectivity index (χ1) is 35.5. The maximum Gasteiger partial charge on any atom is 0.306 e. The number of hydrogen-bond acceptors (Lipinski definition) is 6. The molecule has 6 heteroatoms. The average Bonchev–Trinajstić information content (AvgIpc) is 3.38. The molecular formula is C66H106O6. The van der Waals surface area contributed by atoms with Crippen molar-refractivity contribution >= 4 is 17.9 Å². The van der Waals surface area contributed by atoms with Gasteiger partial charge in [0.15, 0.2) is 6.10 Å². The van der Waals surface area contributed by atoms with E-state index in [1.807, 2.05) is 0 Å². The van der Waals surface area contributed by atoms with Gasteiger partial charge in [-0.05, 0) is 128 Å². The molecule has 0 heterocycles. The standard InChI is InChI=1S/C66H106O6/c1-4-7-10-13-16-19-22-24-26-28-30-31-32-33-34-35-37-38-40-42-44-47-50-53-56-59-65(68)71-62-63(61-70-64(67)58-55-52-49-46-21-18-15-12-9-6-3)72-66(69)60-57-54-51-48-45-43-41-39-36-29-27-25-23-20-17-14-11-8-5-2/h7-8,10-12,15-17,19-20,24-27,30-31,33-34,36-39,63H,4-6,9,13-14,18,21-23,28-29,32,35,40-62H2,1-3H3/b10-7-,11-8-,15-12-,19-16-,20-17-,26-24-,27-25-,31-30-,34-33-,38-37-,39-36-. The second-order valence-corrected chi connectivity index (χ2v) is 18.8. The summed E-state index contributed by atoms with van der Waals surface area (Å²) in [5.74, 6) is -0.941. The first-order valence-electron chi connectivity index (χ1n) is 29.2. The lowest BCUT2D eigenvalue weighted by molar-refractivity contribution is -0.167. The van der Waals surface area contributed by atoms with Crippen molar-refractivity contribution in [1.29, 1.82) is 0 Å². The zero-order valence-electron chi connectivity index (χ0n) is 46.4. The molecule has 0 N–H and O–H groups in total. The van der Waals surface area contributed by atoms with E-state index in [1.165, 1.54) is 38.5 Å². The summed E-state index contributed by atoms with van der Waals surface area (Å²) in [6.45, 7) is 6.31. The summed E-state index contributed by atoms with van der Waals surface area (Å²) in [6, 6.07) is 0. The van der Waals surface area contributed by atoms with E-state index in [9.17, 15) is 14.4 Å². The summed E-state index contributed by atoms with van der Waals surface area (Å²) in [4.78, 5) is 38.1. The largest absolute Gasteiger partial charge is 0.462 e. The van der Waals surface area contributed by atoms with Crippen LogP contribution in [0.1, 0.15) is 245 Å². The Morgan fingerprint density at radius 1 is 0.292 bits per heavy atom. The molecule has 0 spiro atoms. The summed E-state index contributed by atoms with van der Waals surface area (Å²) in [7, 11) is 0.